The topological polar surface area (TPSA) is 58.2 Å². The standard InChI is InChI=1S/C12H18N2O2S/c1-17(15,16)14-12-4-2-10(3-5-12)11-6-8-13-9-7-11/h2-5,11,13-14H,6-9H2,1H3. The van der Waals surface area contributed by atoms with Crippen molar-refractivity contribution < 1.29 is 8.42 Å². The minimum absolute atomic E-state index is 0.600. The molecular formula is C12H18N2O2S. The van der Waals surface area contributed by atoms with Crippen molar-refractivity contribution in [3.05, 3.63) is 29.8 Å². The summed E-state index contributed by atoms with van der Waals surface area (Å²) in [7, 11) is -3.17. The van der Waals surface area contributed by atoms with E-state index in [9.17, 15) is 8.42 Å². The maximum Gasteiger partial charge on any atom is 0.229 e. The van der Waals surface area contributed by atoms with Crippen LogP contribution in [0.4, 0.5) is 5.69 Å². The van der Waals surface area contributed by atoms with Crippen LogP contribution < -0.4 is 10.0 Å². The van der Waals surface area contributed by atoms with Crippen LogP contribution in [0.15, 0.2) is 24.3 Å². The van der Waals surface area contributed by atoms with Gasteiger partial charge in [0, 0.05) is 5.69 Å². The number of hydrogen-bond donors (Lipinski definition) is 2. The Morgan fingerprint density at radius 3 is 2.29 bits per heavy atom. The molecule has 0 spiro atoms. The molecule has 5 heteroatoms. The number of rotatable bonds is 3. The smallest absolute Gasteiger partial charge is 0.229 e. The van der Waals surface area contributed by atoms with E-state index < -0.39 is 10.0 Å². The van der Waals surface area contributed by atoms with E-state index in [0.717, 1.165) is 32.2 Å². The molecular weight excluding hydrogens is 236 g/mol. The van der Waals surface area contributed by atoms with Crippen LogP contribution in [0.1, 0.15) is 24.3 Å². The van der Waals surface area contributed by atoms with E-state index in [4.69, 9.17) is 0 Å². The summed E-state index contributed by atoms with van der Waals surface area (Å²) < 4.78 is 24.6. The number of nitrogens with one attached hydrogen (secondary N) is 2. The Morgan fingerprint density at radius 2 is 1.76 bits per heavy atom. The summed E-state index contributed by atoms with van der Waals surface area (Å²) in [6, 6.07) is 7.70. The van der Waals surface area contributed by atoms with Gasteiger partial charge in [0.15, 0.2) is 0 Å². The van der Waals surface area contributed by atoms with Crippen LogP contribution in [-0.2, 0) is 10.0 Å². The second-order valence-corrected chi connectivity index (χ2v) is 6.27. The summed E-state index contributed by atoms with van der Waals surface area (Å²) in [5.74, 6) is 0.600. The van der Waals surface area contributed by atoms with Crippen LogP contribution in [0, 0.1) is 0 Å². The Morgan fingerprint density at radius 1 is 1.18 bits per heavy atom. The first-order valence-corrected chi connectivity index (χ1v) is 7.72. The van der Waals surface area contributed by atoms with Gasteiger partial charge in [0.1, 0.15) is 0 Å². The zero-order valence-electron chi connectivity index (χ0n) is 9.94. The van der Waals surface area contributed by atoms with Gasteiger partial charge in [-0.15, -0.1) is 0 Å². The summed E-state index contributed by atoms with van der Waals surface area (Å²) in [5, 5.41) is 3.34. The summed E-state index contributed by atoms with van der Waals surface area (Å²) in [4.78, 5) is 0. The summed E-state index contributed by atoms with van der Waals surface area (Å²) >= 11 is 0. The van der Waals surface area contributed by atoms with Crippen molar-refractivity contribution in [3.8, 4) is 0 Å². The molecule has 0 unspecified atom stereocenters. The first-order chi connectivity index (χ1) is 8.04. The molecule has 17 heavy (non-hydrogen) atoms. The average Bonchev–Trinajstić information content (AvgIpc) is 2.29. The van der Waals surface area contributed by atoms with Crippen LogP contribution in [0.5, 0.6) is 0 Å². The third-order valence-electron chi connectivity index (χ3n) is 3.02. The van der Waals surface area contributed by atoms with E-state index in [1.54, 1.807) is 0 Å². The number of piperidine rings is 1. The maximum absolute atomic E-state index is 11.1. The highest BCUT2D eigenvalue weighted by atomic mass is 32.2. The predicted molar refractivity (Wildman–Crippen MR) is 69.8 cm³/mol. The highest BCUT2D eigenvalue weighted by Gasteiger charge is 2.14. The molecule has 0 radical (unpaired) electrons. The fourth-order valence-electron chi connectivity index (χ4n) is 2.19. The van der Waals surface area contributed by atoms with Crippen LogP contribution in [-0.4, -0.2) is 27.8 Å². The lowest BCUT2D eigenvalue weighted by molar-refractivity contribution is 0.460. The zero-order valence-corrected chi connectivity index (χ0v) is 10.8. The lowest BCUT2D eigenvalue weighted by Gasteiger charge is -2.23. The Labute approximate surface area is 102 Å². The molecule has 1 heterocycles. The molecule has 1 aromatic carbocycles. The average molecular weight is 254 g/mol. The van der Waals surface area contributed by atoms with Gasteiger partial charge in [-0.2, -0.15) is 0 Å². The first kappa shape index (κ1) is 12.4. The minimum atomic E-state index is -3.17. The number of benzene rings is 1. The van der Waals surface area contributed by atoms with Gasteiger partial charge in [-0.1, -0.05) is 12.1 Å². The van der Waals surface area contributed by atoms with Gasteiger partial charge < -0.3 is 5.32 Å². The number of hydrogen-bond acceptors (Lipinski definition) is 3. The Bertz CT molecular complexity index is 462. The van der Waals surface area contributed by atoms with Gasteiger partial charge in [0.2, 0.25) is 10.0 Å². The van der Waals surface area contributed by atoms with Crippen LogP contribution in [0.3, 0.4) is 0 Å². The summed E-state index contributed by atoms with van der Waals surface area (Å²) in [5.41, 5.74) is 1.93. The maximum atomic E-state index is 11.1. The molecule has 1 aliphatic heterocycles. The van der Waals surface area contributed by atoms with Crippen molar-refractivity contribution in [2.24, 2.45) is 0 Å². The van der Waals surface area contributed by atoms with E-state index in [1.807, 2.05) is 24.3 Å². The molecule has 1 fully saturated rings. The highest BCUT2D eigenvalue weighted by molar-refractivity contribution is 7.92. The van der Waals surface area contributed by atoms with Gasteiger partial charge in [-0.25, -0.2) is 8.42 Å². The van der Waals surface area contributed by atoms with Crippen LogP contribution in [0.25, 0.3) is 0 Å². The molecule has 0 bridgehead atoms. The van der Waals surface area contributed by atoms with E-state index in [-0.39, 0.29) is 0 Å². The first-order valence-electron chi connectivity index (χ1n) is 5.83. The molecule has 1 saturated heterocycles. The fourth-order valence-corrected chi connectivity index (χ4v) is 2.76. The molecule has 94 valence electrons. The van der Waals surface area contributed by atoms with Crippen molar-refractivity contribution in [2.45, 2.75) is 18.8 Å². The van der Waals surface area contributed by atoms with Crippen molar-refractivity contribution in [2.75, 3.05) is 24.1 Å². The van der Waals surface area contributed by atoms with Crippen molar-refractivity contribution in [3.63, 3.8) is 0 Å². The largest absolute Gasteiger partial charge is 0.317 e. The molecule has 1 aromatic rings. The lowest BCUT2D eigenvalue weighted by Crippen LogP contribution is -2.26. The van der Waals surface area contributed by atoms with E-state index in [2.05, 4.69) is 10.0 Å². The molecule has 0 saturated carbocycles. The quantitative estimate of drug-likeness (QED) is 0.860. The molecule has 2 N–H and O–H groups in total. The van der Waals surface area contributed by atoms with E-state index in [1.165, 1.54) is 5.56 Å². The number of sulfonamides is 1. The predicted octanol–water partition coefficient (Wildman–Crippen LogP) is 1.53. The van der Waals surface area contributed by atoms with Gasteiger partial charge in [0.25, 0.3) is 0 Å². The zero-order chi connectivity index (χ0) is 12.3. The second-order valence-electron chi connectivity index (χ2n) is 4.52. The fraction of sp³-hybridized carbons (Fsp3) is 0.500. The van der Waals surface area contributed by atoms with Crippen LogP contribution >= 0.6 is 0 Å². The molecule has 0 atom stereocenters. The van der Waals surface area contributed by atoms with Crippen LogP contribution in [0.2, 0.25) is 0 Å². The molecule has 2 rings (SSSR count). The van der Waals surface area contributed by atoms with Crippen molar-refractivity contribution in [1.29, 1.82) is 0 Å². The summed E-state index contributed by atoms with van der Waals surface area (Å²) in [6.07, 6.45) is 3.46. The third-order valence-corrected chi connectivity index (χ3v) is 3.63. The third kappa shape index (κ3) is 3.71. The lowest BCUT2D eigenvalue weighted by atomic mass is 9.90. The summed E-state index contributed by atoms with van der Waals surface area (Å²) in [6.45, 7) is 2.13. The monoisotopic (exact) mass is 254 g/mol. The second kappa shape index (κ2) is 5.06. The molecule has 4 nitrogen and oxygen atoms in total. The van der Waals surface area contributed by atoms with Gasteiger partial charge in [0.05, 0.1) is 6.26 Å². The Balaban J connectivity index is 2.07. The highest BCUT2D eigenvalue weighted by Crippen LogP contribution is 2.26. The Kier molecular flexibility index (Phi) is 3.69. The number of anilines is 1. The van der Waals surface area contributed by atoms with Gasteiger partial charge in [-0.3, -0.25) is 4.72 Å². The Hall–Kier alpha value is -1.07. The van der Waals surface area contributed by atoms with Gasteiger partial charge >= 0.3 is 0 Å². The van der Waals surface area contributed by atoms with E-state index >= 15 is 0 Å². The van der Waals surface area contributed by atoms with Gasteiger partial charge in [-0.05, 0) is 49.5 Å². The SMILES string of the molecule is CS(=O)(=O)Nc1ccc(C2CCNCC2)cc1. The molecule has 0 aromatic heterocycles. The molecule has 1 aliphatic rings. The van der Waals surface area contributed by atoms with Crippen molar-refractivity contribution in [1.82, 2.24) is 5.32 Å². The molecule has 0 aliphatic carbocycles. The molecule has 0 amide bonds. The van der Waals surface area contributed by atoms with E-state index in [0.29, 0.717) is 11.6 Å². The minimum Gasteiger partial charge on any atom is -0.317 e. The normalized spacial score (nSPS) is 17.9. The van der Waals surface area contributed by atoms with Crippen molar-refractivity contribution >= 4 is 15.7 Å².